The van der Waals surface area contributed by atoms with Gasteiger partial charge in [0.05, 0.1) is 25.4 Å². The minimum atomic E-state index is -1.60. The van der Waals surface area contributed by atoms with Crippen molar-refractivity contribution in [2.45, 2.75) is 313 Å². The average Bonchev–Trinajstić information content (AvgIpc) is 3.27. The van der Waals surface area contributed by atoms with Crippen molar-refractivity contribution < 1.29 is 44.9 Å². The molecule has 0 aliphatic carbocycles. The van der Waals surface area contributed by atoms with Gasteiger partial charge in [-0.25, -0.2) is 0 Å². The average molecular weight is 886 g/mol. The Morgan fingerprint density at radius 3 is 1.19 bits per heavy atom. The quantitative estimate of drug-likeness (QED) is 0.0294. The van der Waals surface area contributed by atoms with Crippen LogP contribution in [0.1, 0.15) is 264 Å². The Balaban J connectivity index is 2.25. The summed E-state index contributed by atoms with van der Waals surface area (Å²) < 4.78 is 11.2. The van der Waals surface area contributed by atoms with E-state index in [4.69, 9.17) is 9.47 Å². The molecule has 8 atom stereocenters. The number of aliphatic hydroxyl groups is 6. The van der Waals surface area contributed by atoms with E-state index < -0.39 is 55.6 Å². The lowest BCUT2D eigenvalue weighted by molar-refractivity contribution is -0.303. The molecule has 62 heavy (non-hydrogen) atoms. The van der Waals surface area contributed by atoms with Crippen molar-refractivity contribution in [2.24, 2.45) is 0 Å². The van der Waals surface area contributed by atoms with Gasteiger partial charge in [-0.2, -0.15) is 0 Å². The highest BCUT2D eigenvalue weighted by Gasteiger charge is 2.44. The van der Waals surface area contributed by atoms with E-state index in [0.717, 1.165) is 38.5 Å². The summed E-state index contributed by atoms with van der Waals surface area (Å²) in [5.74, 6) is -0.251. The molecule has 1 saturated heterocycles. The standard InChI is InChI=1S/C52H103NO9/c1-3-5-7-9-11-13-15-17-18-19-20-21-22-23-24-25-26-27-29-31-33-35-37-39-41-47(56)53-44(43-61-52-51(60)50(59)49(58)46(42-54)62-52)48(57)45(55)40-38-36-34-32-30-28-16-14-12-10-8-6-4-2/h44-46,48-52,54-55,57-60H,3-43H2,1-2H3,(H,53,56)/t44-,45+,46+,48-,49-,50-,51+,52-/m0/s1. The third-order valence-electron chi connectivity index (χ3n) is 13.3. The Morgan fingerprint density at radius 2 is 0.839 bits per heavy atom. The number of amides is 1. The molecule has 1 fully saturated rings. The number of ether oxygens (including phenoxy) is 2. The molecule has 0 spiro atoms. The van der Waals surface area contributed by atoms with Crippen LogP contribution >= 0.6 is 0 Å². The number of aliphatic hydroxyl groups excluding tert-OH is 6. The van der Waals surface area contributed by atoms with Crippen LogP contribution in [0.15, 0.2) is 0 Å². The molecule has 0 bridgehead atoms. The lowest BCUT2D eigenvalue weighted by Crippen LogP contribution is -2.60. The Morgan fingerprint density at radius 1 is 0.500 bits per heavy atom. The highest BCUT2D eigenvalue weighted by atomic mass is 16.7. The predicted molar refractivity (Wildman–Crippen MR) is 255 cm³/mol. The topological polar surface area (TPSA) is 169 Å². The normalized spacial score (nSPS) is 20.7. The Labute approximate surface area is 381 Å². The van der Waals surface area contributed by atoms with Crippen molar-refractivity contribution in [3.63, 3.8) is 0 Å². The van der Waals surface area contributed by atoms with Gasteiger partial charge in [0.1, 0.15) is 30.5 Å². The maximum atomic E-state index is 13.1. The molecule has 10 heteroatoms. The van der Waals surface area contributed by atoms with Crippen molar-refractivity contribution in [3.8, 4) is 0 Å². The Hall–Kier alpha value is -0.850. The minimum Gasteiger partial charge on any atom is -0.394 e. The van der Waals surface area contributed by atoms with Gasteiger partial charge in [-0.15, -0.1) is 0 Å². The third kappa shape index (κ3) is 31.9. The summed E-state index contributed by atoms with van der Waals surface area (Å²) in [4.78, 5) is 13.1. The van der Waals surface area contributed by atoms with Gasteiger partial charge >= 0.3 is 0 Å². The number of rotatable bonds is 46. The van der Waals surface area contributed by atoms with Gasteiger partial charge in [-0.3, -0.25) is 4.79 Å². The highest BCUT2D eigenvalue weighted by molar-refractivity contribution is 5.76. The molecule has 1 rings (SSSR count). The summed E-state index contributed by atoms with van der Waals surface area (Å²) in [6.45, 7) is 3.64. The molecule has 370 valence electrons. The molecule has 0 aromatic carbocycles. The van der Waals surface area contributed by atoms with E-state index in [9.17, 15) is 35.4 Å². The minimum absolute atomic E-state index is 0.251. The molecule has 0 saturated carbocycles. The van der Waals surface area contributed by atoms with Gasteiger partial charge in [-0.05, 0) is 12.8 Å². The van der Waals surface area contributed by atoms with Crippen molar-refractivity contribution in [3.05, 3.63) is 0 Å². The summed E-state index contributed by atoms with van der Waals surface area (Å²) in [5.41, 5.74) is 0. The van der Waals surface area contributed by atoms with E-state index in [1.807, 2.05) is 0 Å². The molecule has 0 radical (unpaired) electrons. The van der Waals surface area contributed by atoms with E-state index in [2.05, 4.69) is 19.2 Å². The first-order valence-corrected chi connectivity index (χ1v) is 26.8. The van der Waals surface area contributed by atoms with Crippen molar-refractivity contribution >= 4 is 5.91 Å². The van der Waals surface area contributed by atoms with E-state index in [-0.39, 0.29) is 18.9 Å². The molecule has 0 unspecified atom stereocenters. The van der Waals surface area contributed by atoms with Crippen LogP contribution < -0.4 is 5.32 Å². The van der Waals surface area contributed by atoms with Crippen LogP contribution in [0.3, 0.4) is 0 Å². The molecule has 1 aliphatic rings. The molecular weight excluding hydrogens is 783 g/mol. The van der Waals surface area contributed by atoms with Crippen molar-refractivity contribution in [1.82, 2.24) is 5.32 Å². The maximum Gasteiger partial charge on any atom is 0.220 e. The molecular formula is C52H103NO9. The van der Waals surface area contributed by atoms with Crippen LogP contribution in [0.4, 0.5) is 0 Å². The van der Waals surface area contributed by atoms with Crippen LogP contribution in [0.2, 0.25) is 0 Å². The number of carbonyl (C=O) groups is 1. The predicted octanol–water partition coefficient (Wildman–Crippen LogP) is 11.3. The van der Waals surface area contributed by atoms with Crippen LogP contribution in [-0.4, -0.2) is 98.7 Å². The summed E-state index contributed by atoms with van der Waals surface area (Å²) in [5, 5.41) is 65.3. The zero-order valence-corrected chi connectivity index (χ0v) is 40.5. The summed E-state index contributed by atoms with van der Waals surface area (Å²) in [7, 11) is 0. The molecule has 0 aromatic heterocycles. The number of hydrogen-bond acceptors (Lipinski definition) is 9. The fourth-order valence-electron chi connectivity index (χ4n) is 8.97. The van der Waals surface area contributed by atoms with E-state index >= 15 is 0 Å². The third-order valence-corrected chi connectivity index (χ3v) is 13.3. The largest absolute Gasteiger partial charge is 0.394 e. The first-order chi connectivity index (χ1) is 30.3. The monoisotopic (exact) mass is 886 g/mol. The van der Waals surface area contributed by atoms with E-state index in [0.29, 0.717) is 6.42 Å². The molecule has 7 N–H and O–H groups in total. The lowest BCUT2D eigenvalue weighted by Gasteiger charge is -2.40. The molecule has 1 heterocycles. The van der Waals surface area contributed by atoms with Gasteiger partial charge < -0.3 is 45.4 Å². The van der Waals surface area contributed by atoms with E-state index in [1.165, 1.54) is 199 Å². The first-order valence-electron chi connectivity index (χ1n) is 26.8. The number of nitrogens with one attached hydrogen (secondary N) is 1. The van der Waals surface area contributed by atoms with Gasteiger partial charge in [0, 0.05) is 6.42 Å². The van der Waals surface area contributed by atoms with E-state index in [1.54, 1.807) is 0 Å². The van der Waals surface area contributed by atoms with Crippen molar-refractivity contribution in [1.29, 1.82) is 0 Å². The van der Waals surface area contributed by atoms with Gasteiger partial charge in [0.2, 0.25) is 5.91 Å². The summed E-state index contributed by atoms with van der Waals surface area (Å²) in [6.07, 6.45) is 38.3. The fraction of sp³-hybridized carbons (Fsp3) is 0.981. The zero-order valence-electron chi connectivity index (χ0n) is 40.5. The second-order valence-corrected chi connectivity index (χ2v) is 19.2. The first kappa shape index (κ1) is 59.2. The van der Waals surface area contributed by atoms with Crippen LogP contribution in [0, 0.1) is 0 Å². The maximum absolute atomic E-state index is 13.1. The summed E-state index contributed by atoms with van der Waals surface area (Å²) in [6, 6.07) is -0.985. The smallest absolute Gasteiger partial charge is 0.220 e. The van der Waals surface area contributed by atoms with Gasteiger partial charge in [0.15, 0.2) is 6.29 Å². The van der Waals surface area contributed by atoms with Crippen LogP contribution in [-0.2, 0) is 14.3 Å². The second-order valence-electron chi connectivity index (χ2n) is 19.2. The second kappa shape index (κ2) is 42.8. The molecule has 1 aliphatic heterocycles. The number of carbonyl (C=O) groups excluding carboxylic acids is 1. The lowest BCUT2D eigenvalue weighted by atomic mass is 9.98. The van der Waals surface area contributed by atoms with Crippen LogP contribution in [0.25, 0.3) is 0 Å². The van der Waals surface area contributed by atoms with Crippen molar-refractivity contribution in [2.75, 3.05) is 13.2 Å². The van der Waals surface area contributed by atoms with Gasteiger partial charge in [0.25, 0.3) is 0 Å². The molecule has 10 nitrogen and oxygen atoms in total. The summed E-state index contributed by atoms with van der Waals surface area (Å²) >= 11 is 0. The molecule has 0 aromatic rings. The number of hydrogen-bond donors (Lipinski definition) is 7. The van der Waals surface area contributed by atoms with Crippen LogP contribution in [0.5, 0.6) is 0 Å². The SMILES string of the molecule is CCCCCCCCCCCCCCCCCCCCCCCCCCC(=O)N[C@@H](CO[C@H]1O[C@H](CO)[C@H](O)[C@H](O)[C@H]1O)[C@H](O)[C@H](O)CCCCCCCCCCCCCCC. The number of unbranched alkanes of at least 4 members (excludes halogenated alkanes) is 35. The van der Waals surface area contributed by atoms with Gasteiger partial charge in [-0.1, -0.05) is 245 Å². The fourth-order valence-corrected chi connectivity index (χ4v) is 8.97. The molecule has 1 amide bonds. The highest BCUT2D eigenvalue weighted by Crippen LogP contribution is 2.23. The Kier molecular flexibility index (Phi) is 40.8. The zero-order chi connectivity index (χ0) is 45.3. The Bertz CT molecular complexity index is 957.